The average molecular weight is 259 g/mol. The van der Waals surface area contributed by atoms with E-state index in [1.807, 2.05) is 0 Å². The van der Waals surface area contributed by atoms with E-state index in [-0.39, 0.29) is 5.56 Å². The molecule has 0 bridgehead atoms. The van der Waals surface area contributed by atoms with E-state index >= 15 is 0 Å². The van der Waals surface area contributed by atoms with E-state index in [4.69, 9.17) is 9.84 Å². The molecule has 5 nitrogen and oxygen atoms in total. The summed E-state index contributed by atoms with van der Waals surface area (Å²) in [5.74, 6) is -1.44. The van der Waals surface area contributed by atoms with Gasteiger partial charge in [0.05, 0.1) is 17.7 Å². The average Bonchev–Trinajstić information content (AvgIpc) is 2.88. The predicted molar refractivity (Wildman–Crippen MR) is 69.1 cm³/mol. The highest BCUT2D eigenvalue weighted by Gasteiger charge is 2.14. The number of aromatic carboxylic acids is 1. The second-order valence-electron chi connectivity index (χ2n) is 3.87. The molecule has 0 saturated heterocycles. The van der Waals surface area contributed by atoms with Gasteiger partial charge < -0.3 is 14.8 Å². The Morgan fingerprint density at radius 1 is 1.32 bits per heavy atom. The lowest BCUT2D eigenvalue weighted by molar-refractivity contribution is 0.0526. The minimum absolute atomic E-state index is 0.180. The fourth-order valence-corrected chi connectivity index (χ4v) is 1.79. The minimum atomic E-state index is -1.01. The van der Waals surface area contributed by atoms with Crippen molar-refractivity contribution in [2.45, 2.75) is 6.92 Å². The molecule has 19 heavy (non-hydrogen) atoms. The smallest absolute Gasteiger partial charge is 0.339 e. The first-order valence-corrected chi connectivity index (χ1v) is 5.81. The Labute approximate surface area is 109 Å². The van der Waals surface area contributed by atoms with Crippen LogP contribution in [0.4, 0.5) is 0 Å². The van der Waals surface area contributed by atoms with Crippen LogP contribution in [0.3, 0.4) is 0 Å². The number of carboxylic acids is 1. The number of carbonyl (C=O) groups is 2. The van der Waals surface area contributed by atoms with Crippen molar-refractivity contribution in [3.63, 3.8) is 0 Å². The van der Waals surface area contributed by atoms with Crippen molar-refractivity contribution < 1.29 is 19.4 Å². The van der Waals surface area contributed by atoms with Crippen LogP contribution in [0.1, 0.15) is 27.6 Å². The number of rotatable bonds is 4. The number of hydrogen-bond donors (Lipinski definition) is 2. The van der Waals surface area contributed by atoms with Crippen LogP contribution in [0.5, 0.6) is 0 Å². The number of nitrogens with one attached hydrogen (secondary N) is 1. The Hall–Kier alpha value is -2.56. The van der Waals surface area contributed by atoms with Crippen molar-refractivity contribution in [1.82, 2.24) is 4.98 Å². The van der Waals surface area contributed by atoms with Crippen molar-refractivity contribution in [2.24, 2.45) is 0 Å². The summed E-state index contributed by atoms with van der Waals surface area (Å²) in [6.45, 7) is 2.02. The highest BCUT2D eigenvalue weighted by atomic mass is 16.5. The zero-order chi connectivity index (χ0) is 13.8. The molecule has 1 aromatic heterocycles. The number of carboxylic acid groups (broad SMARTS) is 1. The highest BCUT2D eigenvalue weighted by molar-refractivity contribution is 5.97. The quantitative estimate of drug-likeness (QED) is 0.827. The molecular weight excluding hydrogens is 246 g/mol. The summed E-state index contributed by atoms with van der Waals surface area (Å²) in [4.78, 5) is 25.6. The van der Waals surface area contributed by atoms with Gasteiger partial charge in [0.1, 0.15) is 0 Å². The molecule has 0 unspecified atom stereocenters. The van der Waals surface area contributed by atoms with Gasteiger partial charge in [0.2, 0.25) is 0 Å². The standard InChI is InChI=1S/C14H13NO4/c1-2-19-14(18)9-7-12(15-8-9)10-5-3-4-6-11(10)13(16)17/h3-8,15H,2H2,1H3,(H,16,17). The molecule has 1 heterocycles. The van der Waals surface area contributed by atoms with E-state index in [0.29, 0.717) is 23.4 Å². The van der Waals surface area contributed by atoms with Gasteiger partial charge in [-0.2, -0.15) is 0 Å². The van der Waals surface area contributed by atoms with Gasteiger partial charge in [-0.3, -0.25) is 0 Å². The molecule has 0 atom stereocenters. The summed E-state index contributed by atoms with van der Waals surface area (Å²) >= 11 is 0. The van der Waals surface area contributed by atoms with Crippen LogP contribution in [0.25, 0.3) is 11.3 Å². The highest BCUT2D eigenvalue weighted by Crippen LogP contribution is 2.23. The summed E-state index contributed by atoms with van der Waals surface area (Å²) in [6, 6.07) is 8.18. The maximum absolute atomic E-state index is 11.5. The fourth-order valence-electron chi connectivity index (χ4n) is 1.79. The van der Waals surface area contributed by atoms with Crippen LogP contribution in [-0.2, 0) is 4.74 Å². The Morgan fingerprint density at radius 2 is 2.05 bits per heavy atom. The number of H-pyrrole nitrogens is 1. The molecule has 0 aliphatic carbocycles. The third-order valence-corrected chi connectivity index (χ3v) is 2.64. The SMILES string of the molecule is CCOC(=O)c1c[nH]c(-c2ccccc2C(=O)O)c1. The summed E-state index contributed by atoms with van der Waals surface area (Å²) < 4.78 is 4.88. The normalized spacial score (nSPS) is 10.2. The Balaban J connectivity index is 2.38. The van der Waals surface area contributed by atoms with E-state index in [1.165, 1.54) is 12.3 Å². The third kappa shape index (κ3) is 2.65. The lowest BCUT2D eigenvalue weighted by Gasteiger charge is -2.02. The molecule has 0 saturated carbocycles. The lowest BCUT2D eigenvalue weighted by Crippen LogP contribution is -2.02. The Morgan fingerprint density at radius 3 is 2.74 bits per heavy atom. The van der Waals surface area contributed by atoms with Gasteiger partial charge in [-0.15, -0.1) is 0 Å². The molecule has 0 aliphatic rings. The molecule has 1 aromatic carbocycles. The predicted octanol–water partition coefficient (Wildman–Crippen LogP) is 2.56. The molecule has 2 rings (SSSR count). The summed E-state index contributed by atoms with van der Waals surface area (Å²) in [5, 5.41) is 9.12. The summed E-state index contributed by atoms with van der Waals surface area (Å²) in [5.41, 5.74) is 1.66. The van der Waals surface area contributed by atoms with Gasteiger partial charge in [0.25, 0.3) is 0 Å². The minimum Gasteiger partial charge on any atom is -0.478 e. The van der Waals surface area contributed by atoms with Gasteiger partial charge in [-0.05, 0) is 19.1 Å². The number of carbonyl (C=O) groups excluding carboxylic acids is 1. The van der Waals surface area contributed by atoms with Gasteiger partial charge in [0.15, 0.2) is 0 Å². The topological polar surface area (TPSA) is 79.4 Å². The van der Waals surface area contributed by atoms with E-state index in [9.17, 15) is 9.59 Å². The maximum Gasteiger partial charge on any atom is 0.339 e. The maximum atomic E-state index is 11.5. The second kappa shape index (κ2) is 5.39. The zero-order valence-electron chi connectivity index (χ0n) is 10.3. The van der Waals surface area contributed by atoms with Crippen molar-refractivity contribution in [3.8, 4) is 11.3 Å². The molecule has 2 N–H and O–H groups in total. The summed E-state index contributed by atoms with van der Waals surface area (Å²) in [7, 11) is 0. The van der Waals surface area contributed by atoms with Crippen molar-refractivity contribution in [3.05, 3.63) is 47.7 Å². The fraction of sp³-hybridized carbons (Fsp3) is 0.143. The largest absolute Gasteiger partial charge is 0.478 e. The third-order valence-electron chi connectivity index (χ3n) is 2.64. The van der Waals surface area contributed by atoms with Crippen LogP contribution >= 0.6 is 0 Å². The van der Waals surface area contributed by atoms with Crippen LogP contribution in [0, 0.1) is 0 Å². The first-order chi connectivity index (χ1) is 9.13. The van der Waals surface area contributed by atoms with Crippen LogP contribution in [0.2, 0.25) is 0 Å². The molecule has 0 radical (unpaired) electrons. The van der Waals surface area contributed by atoms with Crippen molar-refractivity contribution in [2.75, 3.05) is 6.61 Å². The Bertz CT molecular complexity index is 615. The summed E-state index contributed by atoms with van der Waals surface area (Å²) in [6.07, 6.45) is 1.51. The molecule has 5 heteroatoms. The van der Waals surface area contributed by atoms with Gasteiger partial charge in [0, 0.05) is 17.5 Å². The van der Waals surface area contributed by atoms with Crippen LogP contribution in [0.15, 0.2) is 36.5 Å². The number of aromatic amines is 1. The molecule has 2 aromatic rings. The van der Waals surface area contributed by atoms with Crippen LogP contribution < -0.4 is 0 Å². The molecule has 98 valence electrons. The Kier molecular flexibility index (Phi) is 3.66. The molecule has 0 aliphatic heterocycles. The van der Waals surface area contributed by atoms with Crippen LogP contribution in [-0.4, -0.2) is 28.6 Å². The second-order valence-corrected chi connectivity index (χ2v) is 3.87. The monoisotopic (exact) mass is 259 g/mol. The number of esters is 1. The van der Waals surface area contributed by atoms with E-state index in [0.717, 1.165) is 0 Å². The molecule has 0 amide bonds. The zero-order valence-corrected chi connectivity index (χ0v) is 10.3. The number of benzene rings is 1. The molecule has 0 fully saturated rings. The number of ether oxygens (including phenoxy) is 1. The van der Waals surface area contributed by atoms with Crippen molar-refractivity contribution in [1.29, 1.82) is 0 Å². The van der Waals surface area contributed by atoms with E-state index < -0.39 is 11.9 Å². The first kappa shape index (κ1) is 12.9. The number of hydrogen-bond acceptors (Lipinski definition) is 3. The van der Waals surface area contributed by atoms with Crippen molar-refractivity contribution >= 4 is 11.9 Å². The van der Waals surface area contributed by atoms with Gasteiger partial charge in [-0.1, -0.05) is 18.2 Å². The van der Waals surface area contributed by atoms with Gasteiger partial charge in [-0.25, -0.2) is 9.59 Å². The molecular formula is C14H13NO4. The number of aromatic nitrogens is 1. The van der Waals surface area contributed by atoms with Gasteiger partial charge >= 0.3 is 11.9 Å². The first-order valence-electron chi connectivity index (χ1n) is 5.81. The van der Waals surface area contributed by atoms with E-state index in [1.54, 1.807) is 31.2 Å². The van der Waals surface area contributed by atoms with E-state index in [2.05, 4.69) is 4.98 Å². The lowest BCUT2D eigenvalue weighted by atomic mass is 10.0. The molecule has 0 spiro atoms.